The molecule has 1 saturated heterocycles. The number of thioether (sulfide) groups is 1. The average molecular weight is 334 g/mol. The first-order valence-corrected chi connectivity index (χ1v) is 10.3. The standard InChI is InChI=1S/C13H19NO3S3/c1-3-20(16,17)13-9-18-7-6-14(13)8-11(15)12-5-4-10(2)19-12/h4-5,13H,3,6-9H2,1-2H3. The molecule has 0 spiro atoms. The van der Waals surface area contributed by atoms with E-state index in [1.165, 1.54) is 11.3 Å². The molecule has 1 aliphatic rings. The zero-order valence-corrected chi connectivity index (χ0v) is 14.1. The number of hydrogen-bond acceptors (Lipinski definition) is 6. The summed E-state index contributed by atoms with van der Waals surface area (Å²) >= 11 is 3.11. The molecule has 0 radical (unpaired) electrons. The van der Waals surface area contributed by atoms with Crippen LogP contribution in [0.3, 0.4) is 0 Å². The van der Waals surface area contributed by atoms with Crippen molar-refractivity contribution >= 4 is 38.7 Å². The number of nitrogens with zero attached hydrogens (tertiary/aromatic N) is 1. The van der Waals surface area contributed by atoms with Crippen LogP contribution in [-0.2, 0) is 9.84 Å². The zero-order valence-electron chi connectivity index (χ0n) is 11.7. The largest absolute Gasteiger partial charge is 0.292 e. The van der Waals surface area contributed by atoms with Crippen molar-refractivity contribution < 1.29 is 13.2 Å². The van der Waals surface area contributed by atoms with Gasteiger partial charge in [-0.15, -0.1) is 11.3 Å². The molecule has 1 aromatic rings. The Bertz CT molecular complexity index is 579. The molecule has 112 valence electrons. The Hall–Kier alpha value is -0.370. The highest BCUT2D eigenvalue weighted by atomic mass is 32.2. The van der Waals surface area contributed by atoms with E-state index in [0.717, 1.165) is 10.6 Å². The van der Waals surface area contributed by atoms with Crippen molar-refractivity contribution in [3.63, 3.8) is 0 Å². The van der Waals surface area contributed by atoms with Gasteiger partial charge < -0.3 is 0 Å². The minimum Gasteiger partial charge on any atom is -0.292 e. The van der Waals surface area contributed by atoms with Crippen LogP contribution >= 0.6 is 23.1 Å². The van der Waals surface area contributed by atoms with E-state index in [1.54, 1.807) is 18.7 Å². The van der Waals surface area contributed by atoms with Gasteiger partial charge in [-0.2, -0.15) is 11.8 Å². The monoisotopic (exact) mass is 333 g/mol. The molecule has 0 saturated carbocycles. The number of carbonyl (C=O) groups excluding carboxylic acids is 1. The van der Waals surface area contributed by atoms with Gasteiger partial charge in [-0.3, -0.25) is 9.69 Å². The van der Waals surface area contributed by atoms with Crippen molar-refractivity contribution in [1.82, 2.24) is 4.90 Å². The lowest BCUT2D eigenvalue weighted by Gasteiger charge is -2.33. The summed E-state index contributed by atoms with van der Waals surface area (Å²) in [5.41, 5.74) is 0. The highest BCUT2D eigenvalue weighted by molar-refractivity contribution is 8.01. The molecule has 1 aliphatic heterocycles. The first-order valence-electron chi connectivity index (χ1n) is 6.57. The lowest BCUT2D eigenvalue weighted by Crippen LogP contribution is -2.49. The topological polar surface area (TPSA) is 54.5 Å². The van der Waals surface area contributed by atoms with Crippen LogP contribution in [-0.4, -0.2) is 54.8 Å². The Morgan fingerprint density at radius 1 is 1.45 bits per heavy atom. The number of aryl methyl sites for hydroxylation is 1. The van der Waals surface area contributed by atoms with Gasteiger partial charge in [-0.25, -0.2) is 8.42 Å². The summed E-state index contributed by atoms with van der Waals surface area (Å²) in [6.07, 6.45) is 0. The third kappa shape index (κ3) is 3.63. The lowest BCUT2D eigenvalue weighted by atomic mass is 10.3. The summed E-state index contributed by atoms with van der Waals surface area (Å²) in [6, 6.07) is 3.74. The Morgan fingerprint density at radius 3 is 2.80 bits per heavy atom. The van der Waals surface area contributed by atoms with Gasteiger partial charge in [0.05, 0.1) is 11.4 Å². The van der Waals surface area contributed by atoms with Crippen molar-refractivity contribution in [1.29, 1.82) is 0 Å². The molecule has 4 nitrogen and oxygen atoms in total. The number of ketones is 1. The van der Waals surface area contributed by atoms with E-state index in [9.17, 15) is 13.2 Å². The van der Waals surface area contributed by atoms with E-state index in [1.807, 2.05) is 24.0 Å². The lowest BCUT2D eigenvalue weighted by molar-refractivity contribution is 0.0932. The second-order valence-electron chi connectivity index (χ2n) is 4.79. The average Bonchev–Trinajstić information content (AvgIpc) is 2.86. The maximum absolute atomic E-state index is 12.3. The minimum atomic E-state index is -3.14. The highest BCUT2D eigenvalue weighted by Crippen LogP contribution is 2.23. The van der Waals surface area contributed by atoms with Crippen LogP contribution in [0.1, 0.15) is 21.5 Å². The van der Waals surface area contributed by atoms with Crippen LogP contribution in [0.25, 0.3) is 0 Å². The second kappa shape index (κ2) is 6.60. The molecule has 0 aromatic carbocycles. The summed E-state index contributed by atoms with van der Waals surface area (Å²) < 4.78 is 24.2. The Kier molecular flexibility index (Phi) is 5.28. The SMILES string of the molecule is CCS(=O)(=O)C1CSCCN1CC(=O)c1ccc(C)s1. The van der Waals surface area contributed by atoms with E-state index in [2.05, 4.69) is 0 Å². The van der Waals surface area contributed by atoms with Crippen LogP contribution in [0.5, 0.6) is 0 Å². The Labute approximate surface area is 128 Å². The molecule has 0 N–H and O–H groups in total. The fourth-order valence-electron chi connectivity index (χ4n) is 2.17. The number of thiophene rings is 1. The molecular weight excluding hydrogens is 314 g/mol. The second-order valence-corrected chi connectivity index (χ2v) is 9.67. The molecule has 1 atom stereocenters. The highest BCUT2D eigenvalue weighted by Gasteiger charge is 2.33. The summed E-state index contributed by atoms with van der Waals surface area (Å²) in [5, 5.41) is -0.517. The molecule has 20 heavy (non-hydrogen) atoms. The summed E-state index contributed by atoms with van der Waals surface area (Å²) in [6.45, 7) is 4.48. The zero-order chi connectivity index (χ0) is 14.8. The van der Waals surface area contributed by atoms with Crippen molar-refractivity contribution in [2.45, 2.75) is 19.2 Å². The smallest absolute Gasteiger partial charge is 0.186 e. The van der Waals surface area contributed by atoms with Crippen LogP contribution in [0.2, 0.25) is 0 Å². The quantitative estimate of drug-likeness (QED) is 0.772. The third-order valence-corrected chi connectivity index (χ3v) is 7.74. The maximum Gasteiger partial charge on any atom is 0.186 e. The molecule has 0 bridgehead atoms. The van der Waals surface area contributed by atoms with Gasteiger partial charge in [0.1, 0.15) is 5.37 Å². The molecule has 2 heterocycles. The first kappa shape index (κ1) is 16.0. The molecule has 1 aromatic heterocycles. The number of carbonyl (C=O) groups is 1. The maximum atomic E-state index is 12.3. The van der Waals surface area contributed by atoms with E-state index in [4.69, 9.17) is 0 Å². The predicted molar refractivity (Wildman–Crippen MR) is 85.5 cm³/mol. The van der Waals surface area contributed by atoms with Gasteiger partial charge in [0.2, 0.25) is 0 Å². The number of sulfone groups is 1. The van der Waals surface area contributed by atoms with Crippen molar-refractivity contribution in [2.24, 2.45) is 0 Å². The molecule has 7 heteroatoms. The van der Waals surface area contributed by atoms with Gasteiger partial charge in [0.25, 0.3) is 0 Å². The molecule has 0 aliphatic carbocycles. The fourth-order valence-corrected chi connectivity index (χ4v) is 6.04. The molecular formula is C13H19NO3S3. The summed E-state index contributed by atoms with van der Waals surface area (Å²) in [5.74, 6) is 1.59. The third-order valence-electron chi connectivity index (χ3n) is 3.37. The first-order chi connectivity index (χ1) is 9.44. The molecule has 1 unspecified atom stereocenters. The van der Waals surface area contributed by atoms with Gasteiger partial charge in [0, 0.05) is 28.7 Å². The van der Waals surface area contributed by atoms with Crippen LogP contribution in [0.4, 0.5) is 0 Å². The number of hydrogen-bond donors (Lipinski definition) is 0. The van der Waals surface area contributed by atoms with Gasteiger partial charge >= 0.3 is 0 Å². The van der Waals surface area contributed by atoms with Gasteiger partial charge in [0.15, 0.2) is 15.6 Å². The van der Waals surface area contributed by atoms with E-state index in [-0.39, 0.29) is 18.1 Å². The number of Topliss-reactive ketones (excluding diaryl/α,β-unsaturated/α-hetero) is 1. The van der Waals surface area contributed by atoms with Crippen LogP contribution in [0.15, 0.2) is 12.1 Å². The molecule has 1 fully saturated rings. The van der Waals surface area contributed by atoms with Gasteiger partial charge in [-0.05, 0) is 19.1 Å². The number of rotatable bonds is 5. The Morgan fingerprint density at radius 2 is 2.20 bits per heavy atom. The predicted octanol–water partition coefficient (Wildman–Crippen LogP) is 2.05. The Balaban J connectivity index is 2.11. The summed E-state index contributed by atoms with van der Waals surface area (Å²) in [4.78, 5) is 15.9. The van der Waals surface area contributed by atoms with E-state index >= 15 is 0 Å². The van der Waals surface area contributed by atoms with Gasteiger partial charge in [-0.1, -0.05) is 6.92 Å². The molecule has 2 rings (SSSR count). The fraction of sp³-hybridized carbons (Fsp3) is 0.615. The van der Waals surface area contributed by atoms with Crippen molar-refractivity contribution in [2.75, 3.05) is 30.3 Å². The summed E-state index contributed by atoms with van der Waals surface area (Å²) in [7, 11) is -3.14. The minimum absolute atomic E-state index is 0.0197. The van der Waals surface area contributed by atoms with Crippen molar-refractivity contribution in [3.8, 4) is 0 Å². The van der Waals surface area contributed by atoms with E-state index < -0.39 is 15.2 Å². The van der Waals surface area contributed by atoms with Crippen LogP contribution < -0.4 is 0 Å². The van der Waals surface area contributed by atoms with Crippen molar-refractivity contribution in [3.05, 3.63) is 21.9 Å². The molecule has 0 amide bonds. The normalized spacial score (nSPS) is 21.0. The van der Waals surface area contributed by atoms with Crippen LogP contribution in [0, 0.1) is 6.92 Å². The van der Waals surface area contributed by atoms with E-state index in [0.29, 0.717) is 17.2 Å².